The number of methoxy groups -OCH3 is 1. The fourth-order valence-electron chi connectivity index (χ4n) is 2.66. The van der Waals surface area contributed by atoms with E-state index in [0.717, 1.165) is 22.1 Å². The van der Waals surface area contributed by atoms with E-state index in [2.05, 4.69) is 14.3 Å². The molecule has 0 saturated heterocycles. The van der Waals surface area contributed by atoms with Gasteiger partial charge in [-0.15, -0.1) is 10.1 Å². The third kappa shape index (κ3) is 7.42. The molecule has 0 aliphatic heterocycles. The Labute approximate surface area is 183 Å². The minimum Gasteiger partial charge on any atom is -0.497 e. The van der Waals surface area contributed by atoms with Crippen molar-refractivity contribution in [3.05, 3.63) is 52.1 Å². The van der Waals surface area contributed by atoms with Gasteiger partial charge in [0, 0.05) is 6.42 Å². The Bertz CT molecular complexity index is 974. The number of ether oxygens (including phenoxy) is 4. The topological polar surface area (TPSA) is 141 Å². The predicted octanol–water partition coefficient (Wildman–Crippen LogP) is 2.18. The van der Waals surface area contributed by atoms with E-state index in [9.17, 15) is 24.5 Å². The summed E-state index contributed by atoms with van der Waals surface area (Å²) in [5.74, 6) is -2.83. The lowest BCUT2D eigenvalue weighted by atomic mass is 9.98. The van der Waals surface area contributed by atoms with Crippen molar-refractivity contribution in [3.8, 4) is 5.75 Å². The van der Waals surface area contributed by atoms with E-state index in [1.807, 2.05) is 36.4 Å². The van der Waals surface area contributed by atoms with Gasteiger partial charge in [-0.3, -0.25) is 4.79 Å². The Hall–Kier alpha value is -3.89. The largest absolute Gasteiger partial charge is 0.497 e. The molecule has 0 aliphatic carbocycles. The number of nitrogens with zero attached hydrogens (tertiary/aromatic N) is 1. The molecule has 2 aromatic rings. The van der Waals surface area contributed by atoms with Crippen molar-refractivity contribution in [3.63, 3.8) is 0 Å². The molecule has 0 saturated carbocycles. The van der Waals surface area contributed by atoms with Gasteiger partial charge in [-0.25, -0.2) is 9.59 Å². The van der Waals surface area contributed by atoms with Crippen molar-refractivity contribution >= 4 is 28.7 Å². The molecule has 11 heteroatoms. The minimum atomic E-state index is -1.26. The van der Waals surface area contributed by atoms with E-state index in [-0.39, 0.29) is 32.8 Å². The lowest BCUT2D eigenvalue weighted by Gasteiger charge is -2.13. The van der Waals surface area contributed by atoms with Crippen LogP contribution in [0.25, 0.3) is 10.8 Å². The number of fused-ring (bicyclic) bond motifs is 1. The van der Waals surface area contributed by atoms with Gasteiger partial charge in [-0.1, -0.05) is 24.3 Å². The highest BCUT2D eigenvalue weighted by Crippen LogP contribution is 2.25. The van der Waals surface area contributed by atoms with Crippen LogP contribution in [0.4, 0.5) is 0 Å². The lowest BCUT2D eigenvalue weighted by molar-refractivity contribution is -0.757. The zero-order chi connectivity index (χ0) is 23.5. The van der Waals surface area contributed by atoms with Gasteiger partial charge in [0.25, 0.3) is 5.09 Å². The summed E-state index contributed by atoms with van der Waals surface area (Å²) < 4.78 is 19.5. The fraction of sp³-hybridized carbons (Fsp3) is 0.381. The molecule has 1 atom stereocenters. The molecule has 2 rings (SSSR count). The van der Waals surface area contributed by atoms with Gasteiger partial charge >= 0.3 is 17.9 Å². The van der Waals surface area contributed by atoms with Gasteiger partial charge in [0.1, 0.15) is 19.0 Å². The highest BCUT2D eigenvalue weighted by molar-refractivity contribution is 6.29. The quantitative estimate of drug-likeness (QED) is 0.125. The third-order valence-corrected chi connectivity index (χ3v) is 4.37. The molecule has 0 amide bonds. The summed E-state index contributed by atoms with van der Waals surface area (Å²) in [6, 6.07) is 11.2. The monoisotopic (exact) mass is 449 g/mol. The van der Waals surface area contributed by atoms with Crippen LogP contribution in [0.2, 0.25) is 0 Å². The van der Waals surface area contributed by atoms with Gasteiger partial charge in [-0.2, -0.15) is 0 Å². The van der Waals surface area contributed by atoms with Crippen LogP contribution in [0.1, 0.15) is 24.8 Å². The molecule has 0 aliphatic rings. The van der Waals surface area contributed by atoms with Crippen molar-refractivity contribution < 1.29 is 43.3 Å². The van der Waals surface area contributed by atoms with E-state index < -0.39 is 28.9 Å². The second-order valence-electron chi connectivity index (χ2n) is 6.54. The summed E-state index contributed by atoms with van der Waals surface area (Å²) in [4.78, 5) is 49.2. The first-order valence-corrected chi connectivity index (χ1v) is 9.67. The van der Waals surface area contributed by atoms with Crippen molar-refractivity contribution in [2.24, 2.45) is 0 Å². The maximum Gasteiger partial charge on any atom is 0.417 e. The molecule has 11 nitrogen and oxygen atoms in total. The van der Waals surface area contributed by atoms with Crippen molar-refractivity contribution in [2.75, 3.05) is 33.5 Å². The number of rotatable bonds is 11. The van der Waals surface area contributed by atoms with E-state index in [1.54, 1.807) is 14.0 Å². The van der Waals surface area contributed by atoms with Crippen LogP contribution in [0.3, 0.4) is 0 Å². The SMILES string of the molecule is COc1ccc2cc([C@H](C)C(=O)OCCOC(=O)C(=O)OCCCO[N+](=O)[O-])ccc2c1. The predicted molar refractivity (Wildman–Crippen MR) is 109 cm³/mol. The summed E-state index contributed by atoms with van der Waals surface area (Å²) in [6.07, 6.45) is 0.0395. The summed E-state index contributed by atoms with van der Waals surface area (Å²) in [5, 5.41) is 10.9. The van der Waals surface area contributed by atoms with Crippen molar-refractivity contribution in [1.82, 2.24) is 0 Å². The maximum atomic E-state index is 12.3. The Morgan fingerprint density at radius 2 is 1.53 bits per heavy atom. The van der Waals surface area contributed by atoms with Crippen LogP contribution in [0, 0.1) is 10.1 Å². The Kier molecular flexibility index (Phi) is 9.21. The van der Waals surface area contributed by atoms with Crippen LogP contribution in [-0.4, -0.2) is 56.5 Å². The molecule has 0 spiro atoms. The second-order valence-corrected chi connectivity index (χ2v) is 6.54. The summed E-state index contributed by atoms with van der Waals surface area (Å²) in [6.45, 7) is 0.624. The molecule has 0 bridgehead atoms. The first-order valence-electron chi connectivity index (χ1n) is 9.67. The summed E-state index contributed by atoms with van der Waals surface area (Å²) in [7, 11) is 1.59. The zero-order valence-electron chi connectivity index (χ0n) is 17.6. The number of carbonyl (C=O) groups is 3. The first-order chi connectivity index (χ1) is 15.3. The summed E-state index contributed by atoms with van der Waals surface area (Å²) >= 11 is 0. The first kappa shape index (κ1) is 24.4. The highest BCUT2D eigenvalue weighted by Gasteiger charge is 2.19. The van der Waals surface area contributed by atoms with Crippen LogP contribution < -0.4 is 4.74 Å². The number of hydrogen-bond acceptors (Lipinski definition) is 10. The number of esters is 3. The molecular weight excluding hydrogens is 426 g/mol. The smallest absolute Gasteiger partial charge is 0.417 e. The van der Waals surface area contributed by atoms with Gasteiger partial charge in [-0.05, 0) is 35.4 Å². The molecule has 0 unspecified atom stereocenters. The molecule has 0 heterocycles. The van der Waals surface area contributed by atoms with Gasteiger partial charge in [0.15, 0.2) is 0 Å². The van der Waals surface area contributed by atoms with Crippen LogP contribution in [0.15, 0.2) is 36.4 Å². The average molecular weight is 449 g/mol. The Balaban J connectivity index is 1.72. The lowest BCUT2D eigenvalue weighted by Crippen LogP contribution is -2.24. The number of carbonyl (C=O) groups excluding carboxylic acids is 3. The Morgan fingerprint density at radius 3 is 2.22 bits per heavy atom. The maximum absolute atomic E-state index is 12.3. The van der Waals surface area contributed by atoms with Gasteiger partial charge in [0.05, 0.1) is 26.2 Å². The average Bonchev–Trinajstić information content (AvgIpc) is 2.79. The molecule has 0 aromatic heterocycles. The summed E-state index contributed by atoms with van der Waals surface area (Å²) in [5.41, 5.74) is 0.759. The van der Waals surface area contributed by atoms with Gasteiger partial charge in [0.2, 0.25) is 0 Å². The van der Waals surface area contributed by atoms with Gasteiger partial charge < -0.3 is 23.8 Å². The normalized spacial score (nSPS) is 11.3. The Morgan fingerprint density at radius 1 is 0.906 bits per heavy atom. The molecule has 172 valence electrons. The fourth-order valence-corrected chi connectivity index (χ4v) is 2.66. The molecule has 0 N–H and O–H groups in total. The molecule has 0 radical (unpaired) electrons. The number of benzene rings is 2. The molecular formula is C21H23NO10. The molecule has 0 fully saturated rings. The zero-order valence-corrected chi connectivity index (χ0v) is 17.6. The second kappa shape index (κ2) is 12.1. The van der Waals surface area contributed by atoms with Crippen LogP contribution >= 0.6 is 0 Å². The van der Waals surface area contributed by atoms with E-state index in [4.69, 9.17) is 9.47 Å². The van der Waals surface area contributed by atoms with Crippen molar-refractivity contribution in [1.29, 1.82) is 0 Å². The van der Waals surface area contributed by atoms with Crippen LogP contribution in [-0.2, 0) is 33.4 Å². The van der Waals surface area contributed by atoms with E-state index in [1.165, 1.54) is 0 Å². The minimum absolute atomic E-state index is 0.0395. The molecule has 2 aromatic carbocycles. The third-order valence-electron chi connectivity index (χ3n) is 4.37. The van der Waals surface area contributed by atoms with Crippen molar-refractivity contribution in [2.45, 2.75) is 19.3 Å². The number of hydrogen-bond donors (Lipinski definition) is 0. The van der Waals surface area contributed by atoms with E-state index >= 15 is 0 Å². The molecule has 32 heavy (non-hydrogen) atoms. The standard InChI is InChI=1S/C21H23NO10/c1-14(15-4-5-17-13-18(28-2)7-6-16(17)12-15)19(23)30-10-11-31-21(25)20(24)29-8-3-9-32-22(26)27/h4-7,12-14H,3,8-11H2,1-2H3/t14-/m0/s1. The van der Waals surface area contributed by atoms with E-state index in [0.29, 0.717) is 0 Å². The highest BCUT2D eigenvalue weighted by atomic mass is 16.9. The van der Waals surface area contributed by atoms with Crippen LogP contribution in [0.5, 0.6) is 5.75 Å².